The Morgan fingerprint density at radius 3 is 2.11 bits per heavy atom. The molecule has 0 aromatic heterocycles. The second kappa shape index (κ2) is 4.10. The largest absolute Gasteiger partial charge is 0.143 e. The molecule has 0 bridgehead atoms. The lowest BCUT2D eigenvalue weighted by Gasteiger charge is -2.23. The summed E-state index contributed by atoms with van der Waals surface area (Å²) in [7, 11) is 0.307. The minimum atomic E-state index is 0.307. The molecule has 1 fully saturated rings. The van der Waals surface area contributed by atoms with Crippen molar-refractivity contribution < 1.29 is 0 Å². The second-order valence-corrected chi connectivity index (χ2v) is 8.23. The van der Waals surface area contributed by atoms with Crippen LogP contribution < -0.4 is 0 Å². The van der Waals surface area contributed by atoms with Gasteiger partial charge in [0, 0.05) is 0 Å². The Kier molecular flexibility index (Phi) is 3.75. The third-order valence-corrected chi connectivity index (χ3v) is 7.93. The van der Waals surface area contributed by atoms with Gasteiger partial charge in [-0.15, -0.1) is 23.5 Å². The van der Waals surface area contributed by atoms with Crippen molar-refractivity contribution in [2.45, 2.75) is 10.7 Å². The summed E-state index contributed by atoms with van der Waals surface area (Å²) in [5.41, 5.74) is 0. The van der Waals surface area contributed by atoms with Crippen LogP contribution in [0, 0.1) is 0 Å². The summed E-state index contributed by atoms with van der Waals surface area (Å²) >= 11 is 4.33. The molecule has 0 spiro atoms. The van der Waals surface area contributed by atoms with Crippen LogP contribution in [0.5, 0.6) is 0 Å². The molecule has 54 valence electrons. The normalized spacial score (nSPS) is 23.0. The molecule has 1 aliphatic rings. The molecule has 1 saturated heterocycles. The maximum atomic E-state index is 2.38. The Morgan fingerprint density at radius 1 is 1.22 bits per heavy atom. The molecule has 0 aromatic rings. The molecule has 0 amide bonds. The van der Waals surface area contributed by atoms with Crippen LogP contribution in [0.4, 0.5) is 0 Å². The van der Waals surface area contributed by atoms with E-state index in [0.717, 1.165) is 4.32 Å². The highest BCUT2D eigenvalue weighted by Gasteiger charge is 2.16. The summed E-state index contributed by atoms with van der Waals surface area (Å²) in [6.45, 7) is 4.76. The fourth-order valence-corrected chi connectivity index (χ4v) is 5.96. The van der Waals surface area contributed by atoms with E-state index in [0.29, 0.717) is 7.92 Å². The summed E-state index contributed by atoms with van der Waals surface area (Å²) in [5.74, 6) is 2.80. The minimum absolute atomic E-state index is 0.307. The van der Waals surface area contributed by atoms with Crippen molar-refractivity contribution in [3.05, 3.63) is 0 Å². The zero-order chi connectivity index (χ0) is 6.69. The molecule has 0 aliphatic carbocycles. The molecule has 1 aliphatic heterocycles. The summed E-state index contributed by atoms with van der Waals surface area (Å²) < 4.78 is 0.953. The van der Waals surface area contributed by atoms with Gasteiger partial charge in [0.2, 0.25) is 0 Å². The predicted octanol–water partition coefficient (Wildman–Crippen LogP) is 2.88. The SMILES string of the molecule is CP(C)C1SCCCS1. The van der Waals surface area contributed by atoms with E-state index in [-0.39, 0.29) is 0 Å². The molecular formula is C6H13PS2. The van der Waals surface area contributed by atoms with Crippen LogP contribution in [0.15, 0.2) is 0 Å². The molecule has 0 atom stereocenters. The van der Waals surface area contributed by atoms with Crippen molar-refractivity contribution in [3.8, 4) is 0 Å². The quantitative estimate of drug-likeness (QED) is 0.569. The van der Waals surface area contributed by atoms with Crippen LogP contribution in [0.3, 0.4) is 0 Å². The first kappa shape index (κ1) is 8.23. The van der Waals surface area contributed by atoms with Crippen LogP contribution in [0.2, 0.25) is 0 Å². The minimum Gasteiger partial charge on any atom is -0.143 e. The number of thioether (sulfide) groups is 2. The fourth-order valence-electron chi connectivity index (χ4n) is 0.773. The van der Waals surface area contributed by atoms with Crippen molar-refractivity contribution in [1.29, 1.82) is 0 Å². The van der Waals surface area contributed by atoms with Crippen molar-refractivity contribution in [1.82, 2.24) is 0 Å². The first-order valence-electron chi connectivity index (χ1n) is 3.20. The number of hydrogen-bond acceptors (Lipinski definition) is 2. The van der Waals surface area contributed by atoms with Crippen molar-refractivity contribution in [3.63, 3.8) is 0 Å². The molecule has 1 rings (SSSR count). The highest BCUT2D eigenvalue weighted by Crippen LogP contribution is 2.49. The zero-order valence-corrected chi connectivity index (χ0v) is 8.49. The van der Waals surface area contributed by atoms with Crippen LogP contribution in [-0.4, -0.2) is 29.2 Å². The van der Waals surface area contributed by atoms with Crippen LogP contribution in [0.1, 0.15) is 6.42 Å². The van der Waals surface area contributed by atoms with Crippen LogP contribution >= 0.6 is 31.4 Å². The van der Waals surface area contributed by atoms with E-state index in [1.165, 1.54) is 17.9 Å². The Morgan fingerprint density at radius 2 is 1.78 bits per heavy atom. The lowest BCUT2D eigenvalue weighted by Crippen LogP contribution is -2.03. The van der Waals surface area contributed by atoms with E-state index < -0.39 is 0 Å². The van der Waals surface area contributed by atoms with Gasteiger partial charge in [-0.05, 0) is 31.3 Å². The van der Waals surface area contributed by atoms with Crippen LogP contribution in [-0.2, 0) is 0 Å². The van der Waals surface area contributed by atoms with Gasteiger partial charge in [0.25, 0.3) is 0 Å². The summed E-state index contributed by atoms with van der Waals surface area (Å²) in [6.07, 6.45) is 1.43. The highest BCUT2D eigenvalue weighted by atomic mass is 32.2. The molecule has 9 heavy (non-hydrogen) atoms. The molecule has 0 unspecified atom stereocenters. The Balaban J connectivity index is 2.23. The van der Waals surface area contributed by atoms with Gasteiger partial charge < -0.3 is 0 Å². The molecule has 1 heterocycles. The first-order chi connectivity index (χ1) is 4.30. The zero-order valence-electron chi connectivity index (χ0n) is 5.96. The van der Waals surface area contributed by atoms with E-state index >= 15 is 0 Å². The summed E-state index contributed by atoms with van der Waals surface area (Å²) in [4.78, 5) is 0. The lowest BCUT2D eigenvalue weighted by molar-refractivity contribution is 1.12. The molecule has 0 saturated carbocycles. The van der Waals surface area contributed by atoms with E-state index in [2.05, 4.69) is 36.9 Å². The Labute approximate surface area is 67.3 Å². The molecule has 3 heteroatoms. The topological polar surface area (TPSA) is 0 Å². The predicted molar refractivity (Wildman–Crippen MR) is 52.1 cm³/mol. The average molecular weight is 180 g/mol. The van der Waals surface area contributed by atoms with Crippen LogP contribution in [0.25, 0.3) is 0 Å². The monoisotopic (exact) mass is 180 g/mol. The molecule has 0 nitrogen and oxygen atoms in total. The standard InChI is InChI=1S/C6H13PS2/c1-7(2)6-8-4-3-5-9-6/h6H,3-5H2,1-2H3. The molecule has 0 radical (unpaired) electrons. The number of rotatable bonds is 1. The second-order valence-electron chi connectivity index (χ2n) is 2.37. The van der Waals surface area contributed by atoms with E-state index in [1.807, 2.05) is 0 Å². The smallest absolute Gasteiger partial charge is 0.0690 e. The summed E-state index contributed by atoms with van der Waals surface area (Å²) in [6, 6.07) is 0. The van der Waals surface area contributed by atoms with Gasteiger partial charge in [0.1, 0.15) is 0 Å². The Bertz CT molecular complexity index is 79.1. The maximum absolute atomic E-state index is 2.38. The Hall–Kier alpha value is 1.13. The van der Waals surface area contributed by atoms with Crippen molar-refractivity contribution in [2.24, 2.45) is 0 Å². The number of hydrogen-bond donors (Lipinski definition) is 0. The third-order valence-electron chi connectivity index (χ3n) is 1.23. The van der Waals surface area contributed by atoms with Gasteiger partial charge in [0.15, 0.2) is 0 Å². The van der Waals surface area contributed by atoms with Gasteiger partial charge in [-0.2, -0.15) is 0 Å². The van der Waals surface area contributed by atoms with Crippen molar-refractivity contribution >= 4 is 31.4 Å². The van der Waals surface area contributed by atoms with E-state index in [9.17, 15) is 0 Å². The highest BCUT2D eigenvalue weighted by molar-refractivity contribution is 8.24. The fraction of sp³-hybridized carbons (Fsp3) is 1.00. The average Bonchev–Trinajstić information content (AvgIpc) is 1.90. The third kappa shape index (κ3) is 2.69. The van der Waals surface area contributed by atoms with Gasteiger partial charge in [0.05, 0.1) is 4.32 Å². The van der Waals surface area contributed by atoms with Gasteiger partial charge in [-0.3, -0.25) is 0 Å². The van der Waals surface area contributed by atoms with Gasteiger partial charge in [-0.1, -0.05) is 7.92 Å². The van der Waals surface area contributed by atoms with Crippen molar-refractivity contribution in [2.75, 3.05) is 24.8 Å². The first-order valence-corrected chi connectivity index (χ1v) is 7.60. The lowest BCUT2D eigenvalue weighted by atomic mass is 10.6. The van der Waals surface area contributed by atoms with E-state index in [4.69, 9.17) is 0 Å². The molecular weight excluding hydrogens is 167 g/mol. The maximum Gasteiger partial charge on any atom is 0.0690 e. The van der Waals surface area contributed by atoms with Gasteiger partial charge >= 0.3 is 0 Å². The molecule has 0 N–H and O–H groups in total. The summed E-state index contributed by atoms with van der Waals surface area (Å²) in [5, 5.41) is 0. The van der Waals surface area contributed by atoms with Gasteiger partial charge in [-0.25, -0.2) is 0 Å². The van der Waals surface area contributed by atoms with E-state index in [1.54, 1.807) is 0 Å². The molecule has 0 aromatic carbocycles.